The smallest absolute Gasteiger partial charge is 0.411 e. The van der Waals surface area contributed by atoms with E-state index in [9.17, 15) is 31.5 Å². The minimum absolute atomic E-state index is 0.412. The van der Waals surface area contributed by atoms with Gasteiger partial charge in [0.1, 0.15) is 18.2 Å². The Morgan fingerprint density at radius 3 is 1.94 bits per heavy atom. The van der Waals surface area contributed by atoms with E-state index in [1.54, 1.807) is 78.9 Å². The number of thiocarbonyl (C=S) groups is 1. The minimum Gasteiger partial charge on any atom is -0.461 e. The number of ether oxygens (including phenoxy) is 4. The van der Waals surface area contributed by atoms with E-state index in [4.69, 9.17) is 21.7 Å². The summed E-state index contributed by atoms with van der Waals surface area (Å²) in [5.74, 6) is -21.1. The van der Waals surface area contributed by atoms with Gasteiger partial charge in [0.05, 0.1) is 6.61 Å². The van der Waals surface area contributed by atoms with E-state index in [0.717, 1.165) is 4.90 Å². The number of nitrogens with zero attached hydrogens (tertiary/aromatic N) is 1. The normalized spacial score (nSPS) is 16.8. The van der Waals surface area contributed by atoms with Crippen LogP contribution in [-0.2, 0) is 24.5 Å². The Morgan fingerprint density at radius 2 is 1.39 bits per heavy atom. The molecule has 1 aliphatic carbocycles. The van der Waals surface area contributed by atoms with Crippen molar-refractivity contribution in [2.75, 3.05) is 13.2 Å². The molecule has 0 unspecified atom stereocenters. The van der Waals surface area contributed by atoms with Crippen LogP contribution < -0.4 is 4.74 Å². The predicted molar refractivity (Wildman–Crippen MR) is 161 cm³/mol. The number of benzene rings is 4. The third kappa shape index (κ3) is 5.23. The molecule has 0 aromatic heterocycles. The van der Waals surface area contributed by atoms with Crippen molar-refractivity contribution in [2.45, 2.75) is 30.5 Å². The number of alkyl halides is 2. The van der Waals surface area contributed by atoms with Gasteiger partial charge in [-0.15, -0.1) is 0 Å². The van der Waals surface area contributed by atoms with E-state index in [1.165, 1.54) is 6.92 Å². The number of cyclic esters (lactones) is 1. The predicted octanol–water partition coefficient (Wildman–Crippen LogP) is 7.42. The summed E-state index contributed by atoms with van der Waals surface area (Å²) in [6.45, 7) is -0.125. The molecule has 1 saturated heterocycles. The number of rotatable bonds is 8. The lowest BCUT2D eigenvalue weighted by molar-refractivity contribution is -0.193. The van der Waals surface area contributed by atoms with Crippen molar-refractivity contribution >= 4 is 29.5 Å². The molecule has 0 saturated carbocycles. The highest BCUT2D eigenvalue weighted by Crippen LogP contribution is 2.56. The molecule has 2 atom stereocenters. The van der Waals surface area contributed by atoms with Crippen molar-refractivity contribution in [2.24, 2.45) is 0 Å². The Labute approximate surface area is 278 Å². The maximum atomic E-state index is 16.2. The van der Waals surface area contributed by atoms with Crippen LogP contribution in [0, 0.1) is 29.1 Å². The van der Waals surface area contributed by atoms with Crippen LogP contribution in [-0.4, -0.2) is 53.5 Å². The molecule has 1 heterocycles. The number of amides is 1. The SMILES string of the molecule is CCOC(=O)C(F)(F)[C@H](OC(=S)Oc1c(F)c(F)c(F)c(F)c1F)[C@@H]1COC(=O)N1C1(c2ccccc2)c2ccccc2-c2ccccc21. The second-order valence-electron chi connectivity index (χ2n) is 10.8. The molecule has 0 spiro atoms. The molecule has 0 N–H and O–H groups in total. The number of esters is 1. The second kappa shape index (κ2) is 12.7. The molecule has 4 aromatic rings. The standard InChI is InChI=1S/C34H22F7NO6S/c1-2-45-30(43)34(40,41)29(48-32(49)47-28-26(38)24(36)23(35)25(37)27(28)39)22-16-46-31(44)42(22)33(17-10-4-3-5-11-17)20-14-8-6-12-18(20)19-13-7-9-15-21(19)33/h3-15,22,29H,2,16H2,1H3/t22-,29+/m0/s1. The van der Waals surface area contributed by atoms with Crippen molar-refractivity contribution in [3.05, 3.63) is 125 Å². The van der Waals surface area contributed by atoms with Gasteiger partial charge in [-0.25, -0.2) is 22.8 Å². The molecule has 15 heteroatoms. The Morgan fingerprint density at radius 1 is 0.878 bits per heavy atom. The molecule has 7 nitrogen and oxygen atoms in total. The number of carbonyl (C=O) groups is 2. The van der Waals surface area contributed by atoms with E-state index < -0.39 is 89.0 Å². The van der Waals surface area contributed by atoms with Crippen molar-refractivity contribution in [3.8, 4) is 16.9 Å². The van der Waals surface area contributed by atoms with Gasteiger partial charge in [0.15, 0.2) is 0 Å². The van der Waals surface area contributed by atoms with Gasteiger partial charge in [0, 0.05) is 12.2 Å². The zero-order chi connectivity index (χ0) is 35.2. The lowest BCUT2D eigenvalue weighted by atomic mass is 9.78. The van der Waals surface area contributed by atoms with Crippen LogP contribution in [0.15, 0.2) is 78.9 Å². The van der Waals surface area contributed by atoms with Crippen LogP contribution in [0.4, 0.5) is 35.5 Å². The number of hydrogen-bond donors (Lipinski definition) is 0. The third-order valence-electron chi connectivity index (χ3n) is 8.22. The first-order chi connectivity index (χ1) is 23.4. The van der Waals surface area contributed by atoms with Crippen LogP contribution >= 0.6 is 12.2 Å². The topological polar surface area (TPSA) is 74.3 Å². The average Bonchev–Trinajstić information content (AvgIpc) is 3.63. The van der Waals surface area contributed by atoms with Gasteiger partial charge in [0.25, 0.3) is 0 Å². The van der Waals surface area contributed by atoms with E-state index in [0.29, 0.717) is 27.8 Å². The molecule has 1 fully saturated rings. The largest absolute Gasteiger partial charge is 0.461 e. The zero-order valence-corrected chi connectivity index (χ0v) is 25.8. The van der Waals surface area contributed by atoms with Gasteiger partial charge in [-0.05, 0) is 34.7 Å². The van der Waals surface area contributed by atoms with Gasteiger partial charge in [-0.2, -0.15) is 17.6 Å². The molecule has 1 amide bonds. The summed E-state index contributed by atoms with van der Waals surface area (Å²) in [4.78, 5) is 27.6. The first kappa shape index (κ1) is 33.7. The summed E-state index contributed by atoms with van der Waals surface area (Å²) < 4.78 is 123. The lowest BCUT2D eigenvalue weighted by Crippen LogP contribution is -2.61. The van der Waals surface area contributed by atoms with E-state index in [2.05, 4.69) is 9.47 Å². The Balaban J connectivity index is 1.53. The van der Waals surface area contributed by atoms with Gasteiger partial charge in [0.2, 0.25) is 40.9 Å². The Hall–Kier alpha value is -5.18. The summed E-state index contributed by atoms with van der Waals surface area (Å²) in [6.07, 6.45) is -3.99. The van der Waals surface area contributed by atoms with Crippen molar-refractivity contribution < 1.29 is 59.3 Å². The van der Waals surface area contributed by atoms with Crippen LogP contribution in [0.3, 0.4) is 0 Å². The fourth-order valence-corrected chi connectivity index (χ4v) is 6.46. The monoisotopic (exact) mass is 705 g/mol. The van der Waals surface area contributed by atoms with E-state index >= 15 is 8.78 Å². The number of halogens is 7. The van der Waals surface area contributed by atoms with Crippen LogP contribution in [0.1, 0.15) is 23.6 Å². The van der Waals surface area contributed by atoms with Crippen LogP contribution in [0.5, 0.6) is 5.75 Å². The van der Waals surface area contributed by atoms with Crippen molar-refractivity contribution in [1.82, 2.24) is 4.90 Å². The van der Waals surface area contributed by atoms with Crippen LogP contribution in [0.25, 0.3) is 11.1 Å². The number of carbonyl (C=O) groups excluding carboxylic acids is 2. The van der Waals surface area contributed by atoms with Crippen molar-refractivity contribution in [1.29, 1.82) is 0 Å². The average molecular weight is 706 g/mol. The van der Waals surface area contributed by atoms with Gasteiger partial charge in [-0.1, -0.05) is 78.9 Å². The summed E-state index contributed by atoms with van der Waals surface area (Å²) in [5.41, 5.74) is 0.910. The van der Waals surface area contributed by atoms with E-state index in [1.807, 2.05) is 0 Å². The zero-order valence-electron chi connectivity index (χ0n) is 25.0. The molecule has 254 valence electrons. The Bertz CT molecular complexity index is 1900. The Kier molecular flexibility index (Phi) is 8.73. The molecule has 0 radical (unpaired) electrons. The summed E-state index contributed by atoms with van der Waals surface area (Å²) in [5, 5.41) is -1.57. The molecular weight excluding hydrogens is 683 g/mol. The fourth-order valence-electron chi connectivity index (χ4n) is 6.27. The lowest BCUT2D eigenvalue weighted by Gasteiger charge is -2.44. The molecule has 49 heavy (non-hydrogen) atoms. The number of hydrogen-bond acceptors (Lipinski definition) is 7. The highest BCUT2D eigenvalue weighted by atomic mass is 32.1. The molecule has 4 aromatic carbocycles. The van der Waals surface area contributed by atoms with Crippen molar-refractivity contribution in [3.63, 3.8) is 0 Å². The van der Waals surface area contributed by atoms with E-state index in [-0.39, 0.29) is 0 Å². The highest BCUT2D eigenvalue weighted by molar-refractivity contribution is 7.79. The first-order valence-electron chi connectivity index (χ1n) is 14.5. The first-order valence-corrected chi connectivity index (χ1v) is 14.9. The maximum Gasteiger partial charge on any atom is 0.411 e. The van der Waals surface area contributed by atoms with Gasteiger partial charge >= 0.3 is 23.2 Å². The summed E-state index contributed by atoms with van der Waals surface area (Å²) in [6, 6.07) is 20.1. The molecule has 1 aliphatic heterocycles. The molecule has 6 rings (SSSR count). The summed E-state index contributed by atoms with van der Waals surface area (Å²) in [7, 11) is 0. The maximum absolute atomic E-state index is 16.2. The quantitative estimate of drug-likeness (QED) is 0.0621. The summed E-state index contributed by atoms with van der Waals surface area (Å²) >= 11 is 4.81. The van der Waals surface area contributed by atoms with Gasteiger partial charge < -0.3 is 18.9 Å². The third-order valence-corrected chi connectivity index (χ3v) is 8.39. The molecule has 2 aliphatic rings. The van der Waals surface area contributed by atoms with Crippen LogP contribution in [0.2, 0.25) is 0 Å². The number of fused-ring (bicyclic) bond motifs is 3. The molecule has 0 bridgehead atoms. The minimum atomic E-state index is -4.69. The second-order valence-corrected chi connectivity index (χ2v) is 11.1. The highest BCUT2D eigenvalue weighted by Gasteiger charge is 2.64. The molecular formula is C34H22F7NO6S. The van der Waals surface area contributed by atoms with Gasteiger partial charge in [-0.3, -0.25) is 4.90 Å². The fraction of sp³-hybridized carbons (Fsp3) is 0.206.